The second-order valence-electron chi connectivity index (χ2n) is 12.5. The molecule has 2 N–H and O–H groups in total. The second-order valence-corrected chi connectivity index (χ2v) is 12.5. The van der Waals surface area contributed by atoms with E-state index in [9.17, 15) is 9.59 Å². The van der Waals surface area contributed by atoms with E-state index in [2.05, 4.69) is 10.3 Å². The minimum absolute atomic E-state index is 0.0937. The lowest BCUT2D eigenvalue weighted by Gasteiger charge is -2.40. The summed E-state index contributed by atoms with van der Waals surface area (Å²) in [5, 5.41) is 3.56. The first-order valence-electron chi connectivity index (χ1n) is 16.2. The smallest absolute Gasteiger partial charge is 0.330 e. The molecule has 5 aromatic rings. The fourth-order valence-corrected chi connectivity index (χ4v) is 6.99. The van der Waals surface area contributed by atoms with Crippen LogP contribution < -0.4 is 26.0 Å². The van der Waals surface area contributed by atoms with Crippen LogP contribution in [0.1, 0.15) is 34.0 Å². The lowest BCUT2D eigenvalue weighted by Crippen LogP contribution is -2.51. The van der Waals surface area contributed by atoms with Crippen molar-refractivity contribution in [2.45, 2.75) is 43.1 Å². The molecular formula is C39H39N3O7. The van der Waals surface area contributed by atoms with E-state index >= 15 is 0 Å². The highest BCUT2D eigenvalue weighted by Crippen LogP contribution is 2.47. The van der Waals surface area contributed by atoms with Crippen molar-refractivity contribution >= 4 is 0 Å². The molecule has 4 atom stereocenters. The predicted molar refractivity (Wildman–Crippen MR) is 184 cm³/mol. The van der Waals surface area contributed by atoms with Gasteiger partial charge in [0.05, 0.1) is 33.5 Å². The molecule has 3 heterocycles. The van der Waals surface area contributed by atoms with Crippen LogP contribution in [-0.4, -0.2) is 54.7 Å². The number of rotatable bonds is 12. The molecule has 2 aliphatic heterocycles. The maximum absolute atomic E-state index is 13.1. The van der Waals surface area contributed by atoms with Crippen molar-refractivity contribution in [3.63, 3.8) is 0 Å². The number of hydrogen-bond acceptors (Lipinski definition) is 8. The van der Waals surface area contributed by atoms with Gasteiger partial charge in [0.25, 0.3) is 5.56 Å². The van der Waals surface area contributed by atoms with Gasteiger partial charge in [0, 0.05) is 18.3 Å². The maximum Gasteiger partial charge on any atom is 0.330 e. The van der Waals surface area contributed by atoms with Gasteiger partial charge in [-0.1, -0.05) is 84.9 Å². The van der Waals surface area contributed by atoms with Crippen LogP contribution >= 0.6 is 0 Å². The molecule has 2 aliphatic rings. The SMILES string of the molecule is COc1ccc(C(OC[C@@]23CN[C@@H]([C@H](n4cc(C)c(=O)[nH]c4=O)O2)[C@@H]3OCc2ccccc2)(c2ccccc2)c2ccc(OC)cc2)cc1. The Kier molecular flexibility index (Phi) is 8.96. The highest BCUT2D eigenvalue weighted by atomic mass is 16.6. The average Bonchev–Trinajstić information content (AvgIpc) is 3.65. The lowest BCUT2D eigenvalue weighted by molar-refractivity contribution is -0.170. The van der Waals surface area contributed by atoms with Crippen molar-refractivity contribution in [3.8, 4) is 11.5 Å². The van der Waals surface area contributed by atoms with Crippen LogP contribution in [-0.2, 0) is 26.4 Å². The number of ether oxygens (including phenoxy) is 5. The van der Waals surface area contributed by atoms with Gasteiger partial charge in [0.2, 0.25) is 0 Å². The van der Waals surface area contributed by atoms with Crippen LogP contribution in [0.4, 0.5) is 0 Å². The predicted octanol–water partition coefficient (Wildman–Crippen LogP) is 4.70. The average molecular weight is 662 g/mol. The van der Waals surface area contributed by atoms with E-state index in [4.69, 9.17) is 23.7 Å². The van der Waals surface area contributed by atoms with Gasteiger partial charge in [0.1, 0.15) is 28.8 Å². The second kappa shape index (κ2) is 13.5. The number of nitrogens with zero attached hydrogens (tertiary/aromatic N) is 1. The number of aromatic nitrogens is 2. The zero-order valence-electron chi connectivity index (χ0n) is 27.6. The molecule has 0 aliphatic carbocycles. The molecule has 10 heteroatoms. The Hall–Kier alpha value is -5.00. The fraction of sp³-hybridized carbons (Fsp3) is 0.282. The molecule has 0 saturated carbocycles. The summed E-state index contributed by atoms with van der Waals surface area (Å²) >= 11 is 0. The Morgan fingerprint density at radius 2 is 1.39 bits per heavy atom. The number of methoxy groups -OCH3 is 2. The molecule has 7 rings (SSSR count). The first kappa shape index (κ1) is 32.5. The lowest BCUT2D eigenvalue weighted by atomic mass is 9.79. The third kappa shape index (κ3) is 5.97. The van der Waals surface area contributed by atoms with E-state index in [1.165, 1.54) is 4.57 Å². The van der Waals surface area contributed by atoms with Crippen molar-refractivity contribution in [3.05, 3.63) is 164 Å². The minimum atomic E-state index is -1.09. The Labute approximate surface area is 284 Å². The van der Waals surface area contributed by atoms with Gasteiger partial charge in [-0.05, 0) is 53.4 Å². The normalized spacial score (nSPS) is 21.5. The summed E-state index contributed by atoms with van der Waals surface area (Å²) in [5.41, 5.74) is 0.999. The van der Waals surface area contributed by atoms with Gasteiger partial charge in [-0.3, -0.25) is 14.3 Å². The highest BCUT2D eigenvalue weighted by Gasteiger charge is 2.62. The standard InChI is InChI=1S/C39H39N3O7/c1-26-22-42(37(44)41-35(26)43)36-33-34(47-23-27-10-6-4-7-11-27)38(49-36,24-40-33)25-48-39(28-12-8-5-9-13-28,29-14-18-31(45-2)19-15-29)30-16-20-32(46-3)21-17-30/h4-22,33-34,36,40H,23-25H2,1-3H3,(H,41,43,44)/t33-,34+,36-,38-/m1/s1. The molecule has 0 amide bonds. The quantitative estimate of drug-likeness (QED) is 0.185. The van der Waals surface area contributed by atoms with E-state index in [1.807, 2.05) is 109 Å². The summed E-state index contributed by atoms with van der Waals surface area (Å²) in [7, 11) is 3.28. The van der Waals surface area contributed by atoms with Crippen LogP contribution in [0.15, 0.2) is 125 Å². The molecule has 2 fully saturated rings. The molecule has 0 radical (unpaired) electrons. The zero-order chi connectivity index (χ0) is 34.0. The van der Waals surface area contributed by atoms with E-state index in [-0.39, 0.29) is 6.61 Å². The van der Waals surface area contributed by atoms with Crippen LogP contribution in [0, 0.1) is 6.92 Å². The van der Waals surface area contributed by atoms with Crippen molar-refractivity contribution in [1.82, 2.24) is 14.9 Å². The van der Waals surface area contributed by atoms with Crippen molar-refractivity contribution in [2.75, 3.05) is 27.4 Å². The molecule has 4 aromatic carbocycles. The van der Waals surface area contributed by atoms with Crippen molar-refractivity contribution in [2.24, 2.45) is 0 Å². The third-order valence-corrected chi connectivity index (χ3v) is 9.54. The van der Waals surface area contributed by atoms with E-state index in [0.29, 0.717) is 18.7 Å². The molecule has 10 nitrogen and oxygen atoms in total. The molecule has 2 saturated heterocycles. The van der Waals surface area contributed by atoms with Crippen LogP contribution in [0.5, 0.6) is 11.5 Å². The van der Waals surface area contributed by atoms with Gasteiger partial charge < -0.3 is 29.0 Å². The monoisotopic (exact) mass is 661 g/mol. The summed E-state index contributed by atoms with van der Waals surface area (Å²) in [6.07, 6.45) is 0.284. The van der Waals surface area contributed by atoms with Gasteiger partial charge >= 0.3 is 5.69 Å². The Morgan fingerprint density at radius 1 is 0.816 bits per heavy atom. The minimum Gasteiger partial charge on any atom is -0.497 e. The van der Waals surface area contributed by atoms with Crippen LogP contribution in [0.25, 0.3) is 0 Å². The van der Waals surface area contributed by atoms with Gasteiger partial charge in [-0.25, -0.2) is 4.79 Å². The Bertz CT molecular complexity index is 1950. The maximum atomic E-state index is 13.1. The number of nitrogens with one attached hydrogen (secondary N) is 2. The van der Waals surface area contributed by atoms with E-state index in [0.717, 1.165) is 33.8 Å². The molecule has 2 bridgehead atoms. The largest absolute Gasteiger partial charge is 0.497 e. The van der Waals surface area contributed by atoms with E-state index < -0.39 is 40.8 Å². The summed E-state index contributed by atoms with van der Waals surface area (Å²) in [5.74, 6) is 1.44. The summed E-state index contributed by atoms with van der Waals surface area (Å²) in [4.78, 5) is 27.8. The van der Waals surface area contributed by atoms with Gasteiger partial charge in [-0.15, -0.1) is 0 Å². The first-order chi connectivity index (χ1) is 23.9. The summed E-state index contributed by atoms with van der Waals surface area (Å²) in [6, 6.07) is 35.3. The first-order valence-corrected chi connectivity index (χ1v) is 16.2. The van der Waals surface area contributed by atoms with Gasteiger partial charge in [0.15, 0.2) is 6.23 Å². The number of aryl methyl sites for hydroxylation is 1. The molecular weight excluding hydrogens is 622 g/mol. The molecule has 0 spiro atoms. The molecule has 1 aromatic heterocycles. The third-order valence-electron chi connectivity index (χ3n) is 9.54. The summed E-state index contributed by atoms with van der Waals surface area (Å²) in [6.45, 7) is 2.51. The number of benzene rings is 4. The number of morpholine rings is 1. The van der Waals surface area contributed by atoms with Gasteiger partial charge in [-0.2, -0.15) is 0 Å². The van der Waals surface area contributed by atoms with Crippen molar-refractivity contribution in [1.29, 1.82) is 0 Å². The fourth-order valence-electron chi connectivity index (χ4n) is 6.99. The summed E-state index contributed by atoms with van der Waals surface area (Å²) < 4.78 is 33.3. The van der Waals surface area contributed by atoms with Crippen LogP contribution in [0.2, 0.25) is 0 Å². The topological polar surface area (TPSA) is 113 Å². The van der Waals surface area contributed by atoms with E-state index in [1.54, 1.807) is 27.3 Å². The Balaban J connectivity index is 1.33. The highest BCUT2D eigenvalue weighted by molar-refractivity contribution is 5.50. The number of H-pyrrole nitrogens is 1. The molecule has 0 unspecified atom stereocenters. The Morgan fingerprint density at radius 3 is 1.98 bits per heavy atom. The molecule has 49 heavy (non-hydrogen) atoms. The number of hydrogen-bond donors (Lipinski definition) is 2. The number of fused-ring (bicyclic) bond motifs is 2. The van der Waals surface area contributed by atoms with Crippen molar-refractivity contribution < 1.29 is 23.7 Å². The molecule has 252 valence electrons. The number of aromatic amines is 1. The van der Waals surface area contributed by atoms with Crippen LogP contribution in [0.3, 0.4) is 0 Å². The zero-order valence-corrected chi connectivity index (χ0v) is 27.6.